The number of hydrogen-bond donors (Lipinski definition) is 1. The summed E-state index contributed by atoms with van der Waals surface area (Å²) in [5.74, 6) is 0.793. The topological polar surface area (TPSA) is 56.1 Å². The van der Waals surface area contributed by atoms with Crippen LogP contribution in [0.2, 0.25) is 0 Å². The summed E-state index contributed by atoms with van der Waals surface area (Å²) < 4.78 is 7.41. The monoisotopic (exact) mass is 263 g/mol. The Labute approximate surface area is 113 Å². The number of carbonyl (C=O) groups is 1. The number of rotatable bonds is 3. The van der Waals surface area contributed by atoms with E-state index in [-0.39, 0.29) is 12.0 Å². The Bertz CT molecular complexity index is 457. The van der Waals surface area contributed by atoms with E-state index in [1.165, 1.54) is 12.8 Å². The molecule has 1 amide bonds. The van der Waals surface area contributed by atoms with Crippen molar-refractivity contribution in [1.82, 2.24) is 9.78 Å². The molecule has 3 rings (SSSR count). The van der Waals surface area contributed by atoms with E-state index in [9.17, 15) is 4.79 Å². The number of nitrogens with one attached hydrogen (secondary N) is 1. The van der Waals surface area contributed by atoms with Gasteiger partial charge in [0.15, 0.2) is 0 Å². The second kappa shape index (κ2) is 5.33. The van der Waals surface area contributed by atoms with Crippen LogP contribution >= 0.6 is 0 Å². The van der Waals surface area contributed by atoms with Gasteiger partial charge in [0.05, 0.1) is 11.7 Å². The molecule has 0 radical (unpaired) electrons. The van der Waals surface area contributed by atoms with Gasteiger partial charge in [-0.3, -0.25) is 4.79 Å². The molecule has 1 N–H and O–H groups in total. The van der Waals surface area contributed by atoms with E-state index in [0.29, 0.717) is 12.6 Å². The quantitative estimate of drug-likeness (QED) is 0.911. The maximum absolute atomic E-state index is 12.1. The van der Waals surface area contributed by atoms with Crippen molar-refractivity contribution in [3.05, 3.63) is 11.8 Å². The average Bonchev–Trinajstić information content (AvgIpc) is 3.09. The molecule has 2 heterocycles. The van der Waals surface area contributed by atoms with Gasteiger partial charge in [-0.1, -0.05) is 12.8 Å². The highest BCUT2D eigenvalue weighted by Gasteiger charge is 2.26. The van der Waals surface area contributed by atoms with Crippen molar-refractivity contribution in [3.63, 3.8) is 0 Å². The third-order valence-corrected chi connectivity index (χ3v) is 4.00. The largest absolute Gasteiger partial charge is 0.368 e. The molecule has 104 valence electrons. The predicted molar refractivity (Wildman–Crippen MR) is 72.1 cm³/mol. The summed E-state index contributed by atoms with van der Waals surface area (Å²) in [5, 5.41) is 7.52. The highest BCUT2D eigenvalue weighted by Crippen LogP contribution is 2.32. The van der Waals surface area contributed by atoms with Crippen LogP contribution in [0, 0.1) is 6.92 Å². The standard InChI is InChI=1S/C14H21N3O2/c1-10-9-13(15-14(18)12-7-4-8-19-12)17(16-10)11-5-2-3-6-11/h9,11-12H,2-8H2,1H3,(H,15,18)/t12-/m1/s1. The maximum atomic E-state index is 12.1. The van der Waals surface area contributed by atoms with Crippen LogP contribution in [-0.2, 0) is 9.53 Å². The first-order valence-corrected chi connectivity index (χ1v) is 7.22. The summed E-state index contributed by atoms with van der Waals surface area (Å²) in [7, 11) is 0. The summed E-state index contributed by atoms with van der Waals surface area (Å²) in [6.07, 6.45) is 6.33. The van der Waals surface area contributed by atoms with Crippen LogP contribution in [-0.4, -0.2) is 28.4 Å². The van der Waals surface area contributed by atoms with Crippen molar-refractivity contribution >= 4 is 11.7 Å². The first kappa shape index (κ1) is 12.7. The fourth-order valence-electron chi connectivity index (χ4n) is 3.03. The third-order valence-electron chi connectivity index (χ3n) is 4.00. The van der Waals surface area contributed by atoms with Crippen molar-refractivity contribution in [2.24, 2.45) is 0 Å². The zero-order chi connectivity index (χ0) is 13.2. The zero-order valence-electron chi connectivity index (χ0n) is 11.4. The Morgan fingerprint density at radius 2 is 2.16 bits per heavy atom. The number of aromatic nitrogens is 2. The van der Waals surface area contributed by atoms with Crippen LogP contribution in [0.5, 0.6) is 0 Å². The van der Waals surface area contributed by atoms with Crippen LogP contribution in [0.1, 0.15) is 50.3 Å². The molecule has 0 spiro atoms. The van der Waals surface area contributed by atoms with Gasteiger partial charge in [0, 0.05) is 12.7 Å². The summed E-state index contributed by atoms with van der Waals surface area (Å²) >= 11 is 0. The van der Waals surface area contributed by atoms with Crippen molar-refractivity contribution in [2.45, 2.75) is 57.6 Å². The van der Waals surface area contributed by atoms with Crippen LogP contribution in [0.25, 0.3) is 0 Å². The zero-order valence-corrected chi connectivity index (χ0v) is 11.4. The minimum Gasteiger partial charge on any atom is -0.368 e. The van der Waals surface area contributed by atoms with Gasteiger partial charge in [-0.05, 0) is 32.6 Å². The summed E-state index contributed by atoms with van der Waals surface area (Å²) in [6, 6.07) is 2.39. The molecule has 1 atom stereocenters. The van der Waals surface area contributed by atoms with Gasteiger partial charge in [0.25, 0.3) is 5.91 Å². The number of aryl methyl sites for hydroxylation is 1. The lowest BCUT2D eigenvalue weighted by molar-refractivity contribution is -0.124. The number of ether oxygens (including phenoxy) is 1. The van der Waals surface area contributed by atoms with E-state index in [1.54, 1.807) is 0 Å². The Balaban J connectivity index is 1.74. The molecule has 0 bridgehead atoms. The molecule has 0 unspecified atom stereocenters. The molecular weight excluding hydrogens is 242 g/mol. The first-order chi connectivity index (χ1) is 9.24. The molecule has 2 fully saturated rings. The lowest BCUT2D eigenvalue weighted by Crippen LogP contribution is -2.28. The molecule has 5 nitrogen and oxygen atoms in total. The number of hydrogen-bond acceptors (Lipinski definition) is 3. The highest BCUT2D eigenvalue weighted by atomic mass is 16.5. The molecule has 1 saturated carbocycles. The highest BCUT2D eigenvalue weighted by molar-refractivity contribution is 5.93. The van der Waals surface area contributed by atoms with Gasteiger partial charge in [0.1, 0.15) is 11.9 Å². The molecule has 1 aromatic rings. The van der Waals surface area contributed by atoms with Gasteiger partial charge in [-0.15, -0.1) is 0 Å². The van der Waals surface area contributed by atoms with E-state index in [4.69, 9.17) is 4.74 Å². The molecule has 1 aliphatic heterocycles. The Kier molecular flexibility index (Phi) is 3.55. The van der Waals surface area contributed by atoms with Crippen LogP contribution in [0.15, 0.2) is 6.07 Å². The Morgan fingerprint density at radius 3 is 2.84 bits per heavy atom. The first-order valence-electron chi connectivity index (χ1n) is 7.22. The van der Waals surface area contributed by atoms with Crippen LogP contribution < -0.4 is 5.32 Å². The van der Waals surface area contributed by atoms with Crippen molar-refractivity contribution in [3.8, 4) is 0 Å². The maximum Gasteiger partial charge on any atom is 0.254 e. The molecule has 1 saturated heterocycles. The van der Waals surface area contributed by atoms with Crippen molar-refractivity contribution in [1.29, 1.82) is 0 Å². The SMILES string of the molecule is Cc1cc(NC(=O)[C@H]2CCCO2)n(C2CCCC2)n1. The predicted octanol–water partition coefficient (Wildman–Crippen LogP) is 2.42. The molecule has 2 aliphatic rings. The smallest absolute Gasteiger partial charge is 0.254 e. The van der Waals surface area contributed by atoms with Gasteiger partial charge < -0.3 is 10.1 Å². The van der Waals surface area contributed by atoms with E-state index >= 15 is 0 Å². The van der Waals surface area contributed by atoms with E-state index in [2.05, 4.69) is 10.4 Å². The van der Waals surface area contributed by atoms with Crippen molar-refractivity contribution in [2.75, 3.05) is 11.9 Å². The van der Waals surface area contributed by atoms with E-state index < -0.39 is 0 Å². The van der Waals surface area contributed by atoms with Crippen LogP contribution in [0.3, 0.4) is 0 Å². The fourth-order valence-corrected chi connectivity index (χ4v) is 3.03. The lowest BCUT2D eigenvalue weighted by Gasteiger charge is -2.16. The molecule has 1 aromatic heterocycles. The van der Waals surface area contributed by atoms with Gasteiger partial charge in [-0.2, -0.15) is 5.10 Å². The minimum absolute atomic E-state index is 0.0309. The van der Waals surface area contributed by atoms with E-state index in [1.807, 2.05) is 17.7 Å². The lowest BCUT2D eigenvalue weighted by atomic mass is 10.2. The molecule has 0 aromatic carbocycles. The van der Waals surface area contributed by atoms with Crippen LogP contribution in [0.4, 0.5) is 5.82 Å². The number of amides is 1. The van der Waals surface area contributed by atoms with E-state index in [0.717, 1.165) is 37.2 Å². The van der Waals surface area contributed by atoms with Gasteiger partial charge >= 0.3 is 0 Å². The second-order valence-electron chi connectivity index (χ2n) is 5.54. The number of carbonyl (C=O) groups excluding carboxylic acids is 1. The Morgan fingerprint density at radius 1 is 1.37 bits per heavy atom. The molecule has 5 heteroatoms. The average molecular weight is 263 g/mol. The number of nitrogens with zero attached hydrogens (tertiary/aromatic N) is 2. The number of anilines is 1. The van der Waals surface area contributed by atoms with Crippen molar-refractivity contribution < 1.29 is 9.53 Å². The minimum atomic E-state index is -0.285. The van der Waals surface area contributed by atoms with Gasteiger partial charge in [0.2, 0.25) is 0 Å². The summed E-state index contributed by atoms with van der Waals surface area (Å²) in [6.45, 7) is 2.66. The molecule has 1 aliphatic carbocycles. The summed E-state index contributed by atoms with van der Waals surface area (Å²) in [4.78, 5) is 12.1. The fraction of sp³-hybridized carbons (Fsp3) is 0.714. The molecule has 19 heavy (non-hydrogen) atoms. The molecular formula is C14H21N3O2. The normalized spacial score (nSPS) is 23.9. The van der Waals surface area contributed by atoms with Gasteiger partial charge in [-0.25, -0.2) is 4.68 Å². The third kappa shape index (κ3) is 2.66. The Hall–Kier alpha value is -1.36. The summed E-state index contributed by atoms with van der Waals surface area (Å²) in [5.41, 5.74) is 0.953. The second-order valence-corrected chi connectivity index (χ2v) is 5.54.